The smallest absolute Gasteiger partial charge is 0.0120 e. The molecular weight excluding hydrogens is 220 g/mol. The minimum absolute atomic E-state index is 0.871. The molecule has 0 aromatic rings. The van der Waals surface area contributed by atoms with Gasteiger partial charge in [-0.15, -0.1) is 0 Å². The zero-order chi connectivity index (χ0) is 12.8. The van der Waals surface area contributed by atoms with Crippen molar-refractivity contribution in [2.75, 3.05) is 32.7 Å². The van der Waals surface area contributed by atoms with Crippen LogP contribution in [0.25, 0.3) is 0 Å². The van der Waals surface area contributed by atoms with Crippen LogP contribution in [0.4, 0.5) is 0 Å². The van der Waals surface area contributed by atoms with Gasteiger partial charge in [0.05, 0.1) is 0 Å². The predicted molar refractivity (Wildman–Crippen MR) is 79.0 cm³/mol. The fourth-order valence-corrected chi connectivity index (χ4v) is 3.51. The van der Waals surface area contributed by atoms with E-state index in [1.54, 1.807) is 0 Å². The molecule has 0 amide bonds. The molecule has 2 fully saturated rings. The molecule has 0 radical (unpaired) electrons. The van der Waals surface area contributed by atoms with Crippen LogP contribution >= 0.6 is 0 Å². The van der Waals surface area contributed by atoms with Crippen molar-refractivity contribution in [3.63, 3.8) is 0 Å². The Labute approximate surface area is 114 Å². The highest BCUT2D eigenvalue weighted by Gasteiger charge is 2.25. The summed E-state index contributed by atoms with van der Waals surface area (Å²) in [5.74, 6) is 0.871. The van der Waals surface area contributed by atoms with Crippen LogP contribution in [0.2, 0.25) is 0 Å². The van der Waals surface area contributed by atoms with Crippen LogP contribution in [0.1, 0.15) is 58.8 Å². The molecule has 2 aliphatic heterocycles. The molecule has 0 aromatic heterocycles. The molecule has 0 spiro atoms. The largest absolute Gasteiger partial charge is 0.303 e. The quantitative estimate of drug-likeness (QED) is 0.740. The van der Waals surface area contributed by atoms with E-state index in [9.17, 15) is 0 Å². The molecule has 2 saturated heterocycles. The van der Waals surface area contributed by atoms with Crippen molar-refractivity contribution in [2.45, 2.75) is 64.8 Å². The third-order valence-electron chi connectivity index (χ3n) is 4.72. The van der Waals surface area contributed by atoms with E-state index in [1.165, 1.54) is 77.7 Å². The van der Waals surface area contributed by atoms with Crippen molar-refractivity contribution in [2.24, 2.45) is 5.92 Å². The molecule has 18 heavy (non-hydrogen) atoms. The van der Waals surface area contributed by atoms with Gasteiger partial charge >= 0.3 is 0 Å². The van der Waals surface area contributed by atoms with Gasteiger partial charge in [0, 0.05) is 6.04 Å². The Hall–Kier alpha value is -0.0800. The van der Waals surface area contributed by atoms with Crippen molar-refractivity contribution < 1.29 is 0 Å². The Bertz CT molecular complexity index is 213. The fourth-order valence-electron chi connectivity index (χ4n) is 3.51. The van der Waals surface area contributed by atoms with Gasteiger partial charge in [0.25, 0.3) is 0 Å². The molecule has 0 saturated carbocycles. The van der Waals surface area contributed by atoms with Crippen LogP contribution in [0.15, 0.2) is 0 Å². The van der Waals surface area contributed by atoms with E-state index in [1.807, 2.05) is 0 Å². The van der Waals surface area contributed by atoms with Gasteiger partial charge < -0.3 is 9.80 Å². The van der Waals surface area contributed by atoms with Gasteiger partial charge in [0.2, 0.25) is 0 Å². The third-order valence-corrected chi connectivity index (χ3v) is 4.72. The Balaban J connectivity index is 1.61. The average molecular weight is 252 g/mol. The lowest BCUT2D eigenvalue weighted by Crippen LogP contribution is -2.46. The molecule has 0 bridgehead atoms. The van der Waals surface area contributed by atoms with E-state index in [2.05, 4.69) is 23.6 Å². The van der Waals surface area contributed by atoms with E-state index >= 15 is 0 Å². The molecule has 0 aliphatic carbocycles. The number of piperidine rings is 2. The van der Waals surface area contributed by atoms with Crippen LogP contribution in [-0.4, -0.2) is 48.6 Å². The van der Waals surface area contributed by atoms with Crippen LogP contribution in [0.3, 0.4) is 0 Å². The Morgan fingerprint density at radius 2 is 1.61 bits per heavy atom. The van der Waals surface area contributed by atoms with Crippen molar-refractivity contribution in [1.82, 2.24) is 9.80 Å². The second kappa shape index (κ2) is 7.49. The summed E-state index contributed by atoms with van der Waals surface area (Å²) >= 11 is 0. The van der Waals surface area contributed by atoms with Gasteiger partial charge in [-0.3, -0.25) is 0 Å². The van der Waals surface area contributed by atoms with Gasteiger partial charge in [-0.2, -0.15) is 0 Å². The number of hydrogen-bond acceptors (Lipinski definition) is 2. The Morgan fingerprint density at radius 1 is 0.944 bits per heavy atom. The standard InChI is InChI=1S/C16H32N2/c1-15(2)7-6-10-17-13-8-16(9-14-17)18-11-4-3-5-12-18/h15-16H,3-14H2,1-2H3. The number of rotatable bonds is 5. The van der Waals surface area contributed by atoms with Crippen LogP contribution < -0.4 is 0 Å². The molecule has 0 unspecified atom stereocenters. The summed E-state index contributed by atoms with van der Waals surface area (Å²) in [6.45, 7) is 11.4. The van der Waals surface area contributed by atoms with Crippen molar-refractivity contribution in [3.05, 3.63) is 0 Å². The number of likely N-dealkylation sites (tertiary alicyclic amines) is 2. The van der Waals surface area contributed by atoms with Gasteiger partial charge in [-0.05, 0) is 77.2 Å². The van der Waals surface area contributed by atoms with E-state index in [4.69, 9.17) is 0 Å². The maximum absolute atomic E-state index is 2.77. The summed E-state index contributed by atoms with van der Waals surface area (Å²) in [6, 6.07) is 0.909. The summed E-state index contributed by atoms with van der Waals surface area (Å²) in [4.78, 5) is 5.47. The Morgan fingerprint density at radius 3 is 2.22 bits per heavy atom. The molecule has 0 aromatic carbocycles. The second-order valence-electron chi connectivity index (χ2n) is 6.71. The first-order chi connectivity index (χ1) is 8.75. The maximum atomic E-state index is 2.77. The molecule has 106 valence electrons. The molecule has 2 heterocycles. The SMILES string of the molecule is CC(C)CCCN1CCC(N2CCCCC2)CC1. The fraction of sp³-hybridized carbons (Fsp3) is 1.00. The zero-order valence-electron chi connectivity index (χ0n) is 12.5. The van der Waals surface area contributed by atoms with Crippen LogP contribution in [-0.2, 0) is 0 Å². The summed E-state index contributed by atoms with van der Waals surface area (Å²) in [5, 5.41) is 0. The number of nitrogens with zero attached hydrogens (tertiary/aromatic N) is 2. The van der Waals surface area contributed by atoms with Gasteiger partial charge in [0.1, 0.15) is 0 Å². The Kier molecular flexibility index (Phi) is 5.97. The van der Waals surface area contributed by atoms with E-state index in [-0.39, 0.29) is 0 Å². The molecule has 0 atom stereocenters. The normalized spacial score (nSPS) is 24.8. The highest BCUT2D eigenvalue weighted by Crippen LogP contribution is 2.21. The summed E-state index contributed by atoms with van der Waals surface area (Å²) in [7, 11) is 0. The molecule has 2 nitrogen and oxygen atoms in total. The summed E-state index contributed by atoms with van der Waals surface area (Å²) in [5.41, 5.74) is 0. The number of hydrogen-bond donors (Lipinski definition) is 0. The molecule has 2 aliphatic rings. The first-order valence-electron chi connectivity index (χ1n) is 8.22. The monoisotopic (exact) mass is 252 g/mol. The zero-order valence-corrected chi connectivity index (χ0v) is 12.5. The summed E-state index contributed by atoms with van der Waals surface area (Å²) in [6.07, 6.45) is 9.97. The molecular formula is C16H32N2. The van der Waals surface area contributed by atoms with Gasteiger partial charge in [-0.25, -0.2) is 0 Å². The lowest BCUT2D eigenvalue weighted by molar-refractivity contribution is 0.0915. The summed E-state index contributed by atoms with van der Waals surface area (Å²) < 4.78 is 0. The topological polar surface area (TPSA) is 6.48 Å². The van der Waals surface area contributed by atoms with Crippen molar-refractivity contribution >= 4 is 0 Å². The lowest BCUT2D eigenvalue weighted by atomic mass is 9.99. The molecule has 2 heteroatoms. The van der Waals surface area contributed by atoms with Gasteiger partial charge in [-0.1, -0.05) is 20.3 Å². The highest BCUT2D eigenvalue weighted by molar-refractivity contribution is 4.81. The first-order valence-corrected chi connectivity index (χ1v) is 8.22. The minimum Gasteiger partial charge on any atom is -0.303 e. The van der Waals surface area contributed by atoms with Gasteiger partial charge in [0.15, 0.2) is 0 Å². The molecule has 2 rings (SSSR count). The van der Waals surface area contributed by atoms with Crippen LogP contribution in [0.5, 0.6) is 0 Å². The average Bonchev–Trinajstić information content (AvgIpc) is 2.40. The first kappa shape index (κ1) is 14.3. The van der Waals surface area contributed by atoms with E-state index < -0.39 is 0 Å². The lowest BCUT2D eigenvalue weighted by Gasteiger charge is -2.40. The van der Waals surface area contributed by atoms with E-state index in [0.717, 1.165) is 12.0 Å². The minimum atomic E-state index is 0.871. The van der Waals surface area contributed by atoms with E-state index in [0.29, 0.717) is 0 Å². The third kappa shape index (κ3) is 4.55. The molecule has 0 N–H and O–H groups in total. The van der Waals surface area contributed by atoms with Crippen molar-refractivity contribution in [3.8, 4) is 0 Å². The maximum Gasteiger partial charge on any atom is 0.0120 e. The van der Waals surface area contributed by atoms with Crippen LogP contribution in [0, 0.1) is 5.92 Å². The predicted octanol–water partition coefficient (Wildman–Crippen LogP) is 3.37. The highest BCUT2D eigenvalue weighted by atomic mass is 15.2. The van der Waals surface area contributed by atoms with Crippen molar-refractivity contribution in [1.29, 1.82) is 0 Å². The second-order valence-corrected chi connectivity index (χ2v) is 6.71.